The molecule has 0 bridgehead atoms. The van der Waals surface area contributed by atoms with Crippen LogP contribution in [0, 0.1) is 17.3 Å². The van der Waals surface area contributed by atoms with Crippen molar-refractivity contribution in [2.24, 2.45) is 24.3 Å². The minimum atomic E-state index is -0.607. The summed E-state index contributed by atoms with van der Waals surface area (Å²) in [6, 6.07) is 5.54. The number of anilines is 2. The van der Waals surface area contributed by atoms with Gasteiger partial charge >= 0.3 is 0 Å². The van der Waals surface area contributed by atoms with Gasteiger partial charge in [0.15, 0.2) is 0 Å². The number of aromatic nitrogens is 3. The number of carbonyl (C=O) groups is 2. The van der Waals surface area contributed by atoms with Gasteiger partial charge in [0.05, 0.1) is 11.9 Å². The van der Waals surface area contributed by atoms with E-state index in [0.717, 1.165) is 57.7 Å². The average Bonchev–Trinajstić information content (AvgIpc) is 3.45. The van der Waals surface area contributed by atoms with Gasteiger partial charge in [-0.1, -0.05) is 26.2 Å². The maximum absolute atomic E-state index is 13.8. The lowest BCUT2D eigenvalue weighted by Gasteiger charge is -2.42. The number of aryl methyl sites for hydroxylation is 1. The third-order valence-electron chi connectivity index (χ3n) is 8.87. The molecule has 2 aliphatic carbocycles. The number of hydrogen-bond donors (Lipinski definition) is 2. The zero-order valence-electron chi connectivity index (χ0n) is 22.6. The minimum absolute atomic E-state index is 0.0903. The van der Waals surface area contributed by atoms with E-state index in [1.807, 2.05) is 12.1 Å². The van der Waals surface area contributed by atoms with Crippen LogP contribution in [-0.2, 0) is 11.8 Å². The first-order valence-electron chi connectivity index (χ1n) is 13.8. The van der Waals surface area contributed by atoms with Gasteiger partial charge in [-0.15, -0.1) is 0 Å². The van der Waals surface area contributed by atoms with E-state index in [1.165, 1.54) is 6.42 Å². The predicted octanol–water partition coefficient (Wildman–Crippen LogP) is 3.30. The van der Waals surface area contributed by atoms with E-state index in [-0.39, 0.29) is 23.1 Å². The monoisotopic (exact) mass is 507 g/mol. The number of hydrogen-bond acceptors (Lipinski definition) is 6. The second-order valence-electron chi connectivity index (χ2n) is 11.7. The maximum Gasteiger partial charge on any atom is 0.270 e. The fraction of sp³-hybridized carbons (Fsp3) is 0.643. The Kier molecular flexibility index (Phi) is 7.25. The van der Waals surface area contributed by atoms with Gasteiger partial charge in [-0.2, -0.15) is 5.10 Å². The fourth-order valence-electron chi connectivity index (χ4n) is 6.04. The molecule has 0 spiro atoms. The number of carbonyl (C=O) groups excluding carboxylic acids is 2. The number of rotatable bonds is 9. The lowest BCUT2D eigenvalue weighted by atomic mass is 9.66. The molecule has 200 valence electrons. The molecule has 2 saturated carbocycles. The number of piperazine rings is 1. The first-order valence-corrected chi connectivity index (χ1v) is 13.8. The molecule has 9 heteroatoms. The molecule has 3 aliphatic rings. The van der Waals surface area contributed by atoms with Gasteiger partial charge in [0, 0.05) is 45.5 Å². The highest BCUT2D eigenvalue weighted by Crippen LogP contribution is 2.58. The highest BCUT2D eigenvalue weighted by Gasteiger charge is 2.54. The normalized spacial score (nSPS) is 21.3. The molecule has 2 N–H and O–H groups in total. The standard InChI is InChI=1S/C28H41N7O2/c1-19(2)34-14-16-35(17-15-34)23-9-8-21(18-29-23)31-27(37)25(32-26(36)22-10-13-30-33(22)4)24(20-6-5-7-20)28(3)11-12-28/h8-10,13,18-20,24-25H,5-7,11-12,14-17H2,1-4H3,(H,31,37)(H,32,36)/t24?,25-/m0/s1. The van der Waals surface area contributed by atoms with Gasteiger partial charge < -0.3 is 15.5 Å². The summed E-state index contributed by atoms with van der Waals surface area (Å²) in [6.45, 7) is 10.7. The molecular weight excluding hydrogens is 466 g/mol. The van der Waals surface area contributed by atoms with Crippen LogP contribution in [-0.4, -0.2) is 69.7 Å². The SMILES string of the molecule is CC(C)N1CCN(c2ccc(NC(=O)[C@@H](NC(=O)c3ccnn3C)C(C3CCC3)C3(C)CC3)cn2)CC1. The van der Waals surface area contributed by atoms with Gasteiger partial charge in [0.25, 0.3) is 5.91 Å². The molecule has 37 heavy (non-hydrogen) atoms. The summed E-state index contributed by atoms with van der Waals surface area (Å²) in [7, 11) is 1.74. The summed E-state index contributed by atoms with van der Waals surface area (Å²) in [5.41, 5.74) is 1.20. The molecule has 0 aromatic carbocycles. The smallest absolute Gasteiger partial charge is 0.270 e. The number of nitrogens with one attached hydrogen (secondary N) is 2. The Morgan fingerprint density at radius 2 is 1.81 bits per heavy atom. The van der Waals surface area contributed by atoms with Crippen LogP contribution in [0.25, 0.3) is 0 Å². The molecule has 3 fully saturated rings. The Labute approximate surface area is 220 Å². The van der Waals surface area contributed by atoms with Gasteiger partial charge in [0.1, 0.15) is 17.6 Å². The molecule has 2 aromatic heterocycles. The molecule has 0 radical (unpaired) electrons. The summed E-state index contributed by atoms with van der Waals surface area (Å²) >= 11 is 0. The second kappa shape index (κ2) is 10.4. The van der Waals surface area contributed by atoms with E-state index in [4.69, 9.17) is 0 Å². The third-order valence-corrected chi connectivity index (χ3v) is 8.87. The van der Waals surface area contributed by atoms with E-state index in [9.17, 15) is 9.59 Å². The van der Waals surface area contributed by atoms with Crippen molar-refractivity contribution < 1.29 is 9.59 Å². The van der Waals surface area contributed by atoms with Crippen LogP contribution < -0.4 is 15.5 Å². The largest absolute Gasteiger partial charge is 0.354 e. The molecule has 2 amide bonds. The van der Waals surface area contributed by atoms with Crippen molar-refractivity contribution in [3.8, 4) is 0 Å². The molecule has 9 nitrogen and oxygen atoms in total. The van der Waals surface area contributed by atoms with Crippen LogP contribution in [0.3, 0.4) is 0 Å². The van der Waals surface area contributed by atoms with Crippen LogP contribution in [0.1, 0.15) is 63.4 Å². The van der Waals surface area contributed by atoms with Crippen molar-refractivity contribution in [3.05, 3.63) is 36.3 Å². The molecule has 2 aromatic rings. The van der Waals surface area contributed by atoms with E-state index < -0.39 is 6.04 Å². The van der Waals surface area contributed by atoms with E-state index in [2.05, 4.69) is 51.3 Å². The summed E-state index contributed by atoms with van der Waals surface area (Å²) in [5, 5.41) is 10.3. The lowest BCUT2D eigenvalue weighted by Crippen LogP contribution is -2.54. The Balaban J connectivity index is 1.30. The van der Waals surface area contributed by atoms with Crippen molar-refractivity contribution in [1.82, 2.24) is 25.0 Å². The molecule has 1 aliphatic heterocycles. The van der Waals surface area contributed by atoms with Crippen molar-refractivity contribution in [1.29, 1.82) is 0 Å². The van der Waals surface area contributed by atoms with Crippen molar-refractivity contribution in [2.75, 3.05) is 36.4 Å². The van der Waals surface area contributed by atoms with Crippen molar-refractivity contribution in [3.63, 3.8) is 0 Å². The molecule has 3 heterocycles. The topological polar surface area (TPSA) is 95.4 Å². The second-order valence-corrected chi connectivity index (χ2v) is 11.7. The Morgan fingerprint density at radius 1 is 1.08 bits per heavy atom. The summed E-state index contributed by atoms with van der Waals surface area (Å²) in [5.74, 6) is 1.08. The summed E-state index contributed by atoms with van der Waals surface area (Å²) in [4.78, 5) is 36.4. The number of amides is 2. The highest BCUT2D eigenvalue weighted by atomic mass is 16.2. The highest BCUT2D eigenvalue weighted by molar-refractivity contribution is 6.00. The molecule has 2 atom stereocenters. The van der Waals surface area contributed by atoms with Gasteiger partial charge in [0.2, 0.25) is 5.91 Å². The van der Waals surface area contributed by atoms with Gasteiger partial charge in [-0.05, 0) is 62.1 Å². The first kappa shape index (κ1) is 25.7. The molecule has 1 unspecified atom stereocenters. The van der Waals surface area contributed by atoms with E-state index in [1.54, 1.807) is 30.2 Å². The molecule has 5 rings (SSSR count). The molecule has 1 saturated heterocycles. The van der Waals surface area contributed by atoms with Gasteiger partial charge in [-0.3, -0.25) is 19.2 Å². The fourth-order valence-corrected chi connectivity index (χ4v) is 6.04. The minimum Gasteiger partial charge on any atom is -0.354 e. The Morgan fingerprint density at radius 3 is 2.32 bits per heavy atom. The first-order chi connectivity index (χ1) is 17.7. The summed E-state index contributed by atoms with van der Waals surface area (Å²) < 4.78 is 1.55. The van der Waals surface area contributed by atoms with Crippen LogP contribution in [0.2, 0.25) is 0 Å². The Bertz CT molecular complexity index is 1100. The zero-order valence-corrected chi connectivity index (χ0v) is 22.6. The van der Waals surface area contributed by atoms with Crippen LogP contribution in [0.4, 0.5) is 11.5 Å². The molecular formula is C28H41N7O2. The third kappa shape index (κ3) is 5.51. The number of pyridine rings is 1. The van der Waals surface area contributed by atoms with Crippen molar-refractivity contribution >= 4 is 23.3 Å². The lowest BCUT2D eigenvalue weighted by molar-refractivity contribution is -0.121. The van der Waals surface area contributed by atoms with E-state index in [0.29, 0.717) is 23.3 Å². The van der Waals surface area contributed by atoms with E-state index >= 15 is 0 Å². The quantitative estimate of drug-likeness (QED) is 0.541. The maximum atomic E-state index is 13.8. The van der Waals surface area contributed by atoms with Crippen molar-refractivity contribution in [2.45, 2.75) is 65.0 Å². The van der Waals surface area contributed by atoms with Crippen LogP contribution in [0.5, 0.6) is 0 Å². The predicted molar refractivity (Wildman–Crippen MR) is 144 cm³/mol. The van der Waals surface area contributed by atoms with Crippen LogP contribution in [0.15, 0.2) is 30.6 Å². The van der Waals surface area contributed by atoms with Crippen LogP contribution >= 0.6 is 0 Å². The average molecular weight is 508 g/mol. The zero-order chi connectivity index (χ0) is 26.2. The number of nitrogens with zero attached hydrogens (tertiary/aromatic N) is 5. The Hall–Kier alpha value is -2.94. The van der Waals surface area contributed by atoms with Gasteiger partial charge in [-0.25, -0.2) is 4.98 Å². The summed E-state index contributed by atoms with van der Waals surface area (Å²) in [6.07, 6.45) is 8.96.